The highest BCUT2D eigenvalue weighted by Crippen LogP contribution is 2.35. The molecule has 1 aliphatic rings. The van der Waals surface area contributed by atoms with E-state index in [9.17, 15) is 13.2 Å². The van der Waals surface area contributed by atoms with E-state index < -0.39 is 21.1 Å². The third-order valence-electron chi connectivity index (χ3n) is 4.38. The van der Waals surface area contributed by atoms with Gasteiger partial charge in [0.25, 0.3) is 0 Å². The van der Waals surface area contributed by atoms with Crippen molar-refractivity contribution in [3.05, 3.63) is 65.7 Å². The summed E-state index contributed by atoms with van der Waals surface area (Å²) in [4.78, 5) is 11.9. The van der Waals surface area contributed by atoms with Gasteiger partial charge in [-0.3, -0.25) is 5.32 Å². The molecule has 0 fully saturated rings. The topological polar surface area (TPSA) is 63.2 Å². The molecule has 2 aromatic carbocycles. The molecule has 0 amide bonds. The lowest BCUT2D eigenvalue weighted by Crippen LogP contribution is -2.44. The number of sulfone groups is 1. The van der Waals surface area contributed by atoms with Gasteiger partial charge >= 0.3 is 0 Å². The minimum atomic E-state index is -3.57. The van der Waals surface area contributed by atoms with Crippen molar-refractivity contribution in [2.45, 2.75) is 35.6 Å². The number of fused-ring (bicyclic) bond motifs is 1. The molecule has 0 aliphatic carbocycles. The maximum absolute atomic E-state index is 13.0. The monoisotopic (exact) mass is 329 g/mol. The van der Waals surface area contributed by atoms with Crippen LogP contribution in [0.15, 0.2) is 59.5 Å². The van der Waals surface area contributed by atoms with Gasteiger partial charge in [-0.1, -0.05) is 55.5 Å². The van der Waals surface area contributed by atoms with Crippen LogP contribution in [-0.2, 0) is 14.6 Å². The Labute approximate surface area is 136 Å². The van der Waals surface area contributed by atoms with E-state index in [1.54, 1.807) is 19.1 Å². The van der Waals surface area contributed by atoms with Crippen LogP contribution in [0.2, 0.25) is 0 Å². The molecule has 23 heavy (non-hydrogen) atoms. The molecular weight excluding hydrogens is 310 g/mol. The van der Waals surface area contributed by atoms with E-state index >= 15 is 0 Å². The Hall–Kier alpha value is -1.98. The van der Waals surface area contributed by atoms with Crippen molar-refractivity contribution in [3.8, 4) is 0 Å². The molecule has 3 atom stereocenters. The summed E-state index contributed by atoms with van der Waals surface area (Å²) in [5.41, 5.74) is 1.64. The third kappa shape index (κ3) is 2.71. The van der Waals surface area contributed by atoms with Crippen LogP contribution in [0.25, 0.3) is 0 Å². The molecular formula is C18H19NO3S. The Kier molecular flexibility index (Phi) is 4.33. The zero-order valence-corrected chi connectivity index (χ0v) is 13.7. The van der Waals surface area contributed by atoms with Crippen molar-refractivity contribution in [3.63, 3.8) is 0 Å². The van der Waals surface area contributed by atoms with E-state index in [0.29, 0.717) is 23.2 Å². The van der Waals surface area contributed by atoms with Crippen molar-refractivity contribution >= 4 is 16.1 Å². The Morgan fingerprint density at radius 2 is 1.70 bits per heavy atom. The van der Waals surface area contributed by atoms with Crippen molar-refractivity contribution in [1.29, 1.82) is 0 Å². The minimum absolute atomic E-state index is 0.317. The molecule has 4 nitrogen and oxygen atoms in total. The molecule has 0 radical (unpaired) electrons. The Bertz CT molecular complexity index is 802. The van der Waals surface area contributed by atoms with E-state index in [0.717, 1.165) is 5.56 Å². The van der Waals surface area contributed by atoms with E-state index in [2.05, 4.69) is 5.32 Å². The van der Waals surface area contributed by atoms with E-state index in [4.69, 9.17) is 0 Å². The van der Waals surface area contributed by atoms with Crippen LogP contribution in [0.5, 0.6) is 0 Å². The summed E-state index contributed by atoms with van der Waals surface area (Å²) in [5, 5.41) is 2.49. The highest BCUT2D eigenvalue weighted by molar-refractivity contribution is 7.92. The van der Waals surface area contributed by atoms with Crippen LogP contribution in [0.4, 0.5) is 0 Å². The first kappa shape index (κ1) is 15.9. The highest BCUT2D eigenvalue weighted by atomic mass is 32.2. The number of rotatable bonds is 3. The standard InChI is InChI=1S/C18H19NO3S/c1-2-16-15(12-20)19-18(13-8-4-3-5-9-13)14-10-6-7-11-17(14)23(16,21)22/h3-12,15-16,18-19H,2H2,1H3. The summed E-state index contributed by atoms with van der Waals surface area (Å²) >= 11 is 0. The maximum atomic E-state index is 13.0. The second kappa shape index (κ2) is 6.26. The van der Waals surface area contributed by atoms with Crippen LogP contribution >= 0.6 is 0 Å². The van der Waals surface area contributed by atoms with Gasteiger partial charge in [0.2, 0.25) is 0 Å². The zero-order chi connectivity index (χ0) is 16.4. The number of carbonyl (C=O) groups is 1. The Morgan fingerprint density at radius 3 is 2.35 bits per heavy atom. The van der Waals surface area contributed by atoms with Crippen LogP contribution in [0.1, 0.15) is 30.5 Å². The van der Waals surface area contributed by atoms with Crippen LogP contribution < -0.4 is 5.32 Å². The summed E-state index contributed by atoms with van der Waals surface area (Å²) in [6, 6.07) is 15.6. The third-order valence-corrected chi connectivity index (χ3v) is 6.79. The first-order chi connectivity index (χ1) is 11.1. The van der Waals surface area contributed by atoms with Gasteiger partial charge in [-0.2, -0.15) is 0 Å². The molecule has 1 N–H and O–H groups in total. The van der Waals surface area contributed by atoms with Crippen molar-refractivity contribution in [2.75, 3.05) is 0 Å². The quantitative estimate of drug-likeness (QED) is 0.879. The zero-order valence-electron chi connectivity index (χ0n) is 12.8. The molecule has 3 rings (SSSR count). The predicted octanol–water partition coefficient (Wildman–Crippen LogP) is 2.50. The van der Waals surface area contributed by atoms with Crippen LogP contribution in [0, 0.1) is 0 Å². The molecule has 0 spiro atoms. The molecule has 5 heteroatoms. The summed E-state index contributed by atoms with van der Waals surface area (Å²) < 4.78 is 26.0. The number of benzene rings is 2. The molecule has 120 valence electrons. The summed E-state index contributed by atoms with van der Waals surface area (Å²) in [7, 11) is -3.57. The Morgan fingerprint density at radius 1 is 1.04 bits per heavy atom. The van der Waals surface area contributed by atoms with E-state index in [1.165, 1.54) is 0 Å². The summed E-state index contributed by atoms with van der Waals surface area (Å²) in [6.45, 7) is 1.80. The molecule has 0 aromatic heterocycles. The van der Waals surface area contributed by atoms with Crippen LogP contribution in [-0.4, -0.2) is 26.0 Å². The summed E-state index contributed by atoms with van der Waals surface area (Å²) in [6.07, 6.45) is 1.10. The number of nitrogens with one attached hydrogen (secondary N) is 1. The van der Waals surface area contributed by atoms with E-state index in [-0.39, 0.29) is 6.04 Å². The van der Waals surface area contributed by atoms with Gasteiger partial charge < -0.3 is 4.79 Å². The smallest absolute Gasteiger partial charge is 0.183 e. The lowest BCUT2D eigenvalue weighted by molar-refractivity contribution is -0.109. The lowest BCUT2D eigenvalue weighted by Gasteiger charge is -2.23. The van der Waals surface area contributed by atoms with Gasteiger partial charge in [0.15, 0.2) is 9.84 Å². The average Bonchev–Trinajstić information content (AvgIpc) is 2.68. The van der Waals surface area contributed by atoms with Crippen molar-refractivity contribution in [2.24, 2.45) is 0 Å². The van der Waals surface area contributed by atoms with Crippen molar-refractivity contribution < 1.29 is 13.2 Å². The lowest BCUT2D eigenvalue weighted by atomic mass is 9.97. The molecule has 1 aliphatic heterocycles. The van der Waals surface area contributed by atoms with Gasteiger partial charge in [-0.05, 0) is 23.6 Å². The molecule has 3 unspecified atom stereocenters. The largest absolute Gasteiger partial charge is 0.302 e. The SMILES string of the molecule is CCC1C(C=O)NC(c2ccccc2)c2ccccc2S1(=O)=O. The van der Waals surface area contributed by atoms with Crippen LogP contribution in [0.3, 0.4) is 0 Å². The van der Waals surface area contributed by atoms with Gasteiger partial charge in [0.05, 0.1) is 22.2 Å². The second-order valence-electron chi connectivity index (χ2n) is 5.70. The Balaban J connectivity index is 2.25. The van der Waals surface area contributed by atoms with Gasteiger partial charge in [0.1, 0.15) is 6.29 Å². The fourth-order valence-electron chi connectivity index (χ4n) is 3.25. The fraction of sp³-hybridized carbons (Fsp3) is 0.278. The summed E-state index contributed by atoms with van der Waals surface area (Å²) in [5.74, 6) is 0. The number of hydrogen-bond acceptors (Lipinski definition) is 4. The van der Waals surface area contributed by atoms with Gasteiger partial charge in [-0.25, -0.2) is 8.42 Å². The molecule has 0 saturated carbocycles. The molecule has 0 bridgehead atoms. The number of carbonyl (C=O) groups excluding carboxylic acids is 1. The molecule has 1 heterocycles. The van der Waals surface area contributed by atoms with Crippen molar-refractivity contribution in [1.82, 2.24) is 5.32 Å². The highest BCUT2D eigenvalue weighted by Gasteiger charge is 2.40. The minimum Gasteiger partial charge on any atom is -0.302 e. The van der Waals surface area contributed by atoms with E-state index in [1.807, 2.05) is 42.5 Å². The second-order valence-corrected chi connectivity index (χ2v) is 7.84. The average molecular weight is 329 g/mol. The van der Waals surface area contributed by atoms with Gasteiger partial charge in [0, 0.05) is 0 Å². The number of hydrogen-bond donors (Lipinski definition) is 1. The predicted molar refractivity (Wildman–Crippen MR) is 89.0 cm³/mol. The van der Waals surface area contributed by atoms with Gasteiger partial charge in [-0.15, -0.1) is 0 Å². The fourth-order valence-corrected chi connectivity index (χ4v) is 5.32. The first-order valence-corrected chi connectivity index (χ1v) is 9.23. The molecule has 0 saturated heterocycles. The number of aldehydes is 1. The normalized spacial score (nSPS) is 26.0. The maximum Gasteiger partial charge on any atom is 0.183 e. The molecule has 2 aromatic rings. The first-order valence-electron chi connectivity index (χ1n) is 7.68.